The maximum Gasteiger partial charge on any atom is 0.412 e. The summed E-state index contributed by atoms with van der Waals surface area (Å²) in [7, 11) is 0. The molecule has 0 unspecified atom stereocenters. The molecule has 0 saturated heterocycles. The molecule has 3 aromatic rings. The molecule has 1 atom stereocenters. The van der Waals surface area contributed by atoms with E-state index in [4.69, 9.17) is 10.5 Å². The minimum Gasteiger partial charge on any atom is -0.508 e. The molecule has 3 aromatic carbocycles. The van der Waals surface area contributed by atoms with Crippen LogP contribution in [0.3, 0.4) is 0 Å². The average molecular weight is 650 g/mol. The summed E-state index contributed by atoms with van der Waals surface area (Å²) in [6, 6.07) is 19.0. The number of halogens is 2. The molecule has 0 heterocycles. The summed E-state index contributed by atoms with van der Waals surface area (Å²) in [6.45, 7) is 3.62. The van der Waals surface area contributed by atoms with Gasteiger partial charge in [0, 0.05) is 24.7 Å². The van der Waals surface area contributed by atoms with Gasteiger partial charge >= 0.3 is 6.09 Å². The smallest absolute Gasteiger partial charge is 0.412 e. The van der Waals surface area contributed by atoms with Crippen LogP contribution in [0, 0.1) is 8.99 Å². The van der Waals surface area contributed by atoms with Crippen LogP contribution in [-0.4, -0.2) is 17.1 Å². The Kier molecular flexibility index (Phi) is 8.79. The summed E-state index contributed by atoms with van der Waals surface area (Å²) >= 11 is 5.48. The molecule has 0 aromatic heterocycles. The van der Waals surface area contributed by atoms with Crippen LogP contribution in [0.2, 0.25) is 0 Å². The molecule has 7 nitrogen and oxygen atoms in total. The Balaban J connectivity index is 1.85. The van der Waals surface area contributed by atoms with E-state index in [0.29, 0.717) is 22.6 Å². The highest BCUT2D eigenvalue weighted by atomic mass is 127. The fourth-order valence-electron chi connectivity index (χ4n) is 3.30. The van der Waals surface area contributed by atoms with Gasteiger partial charge < -0.3 is 20.9 Å². The van der Waals surface area contributed by atoms with Crippen LogP contribution in [0.5, 0.6) is 5.75 Å². The zero-order valence-electron chi connectivity index (χ0n) is 19.1. The quantitative estimate of drug-likeness (QED) is 0.127. The number of hydrogen-bond acceptors (Lipinski definition) is 5. The second kappa shape index (κ2) is 11.6. The molecule has 35 heavy (non-hydrogen) atoms. The number of para-hydroxylation sites is 2. The second-order valence-corrected chi connectivity index (χ2v) is 10.5. The van der Waals surface area contributed by atoms with Gasteiger partial charge in [-0.1, -0.05) is 48.0 Å². The highest BCUT2D eigenvalue weighted by Gasteiger charge is 2.34. The number of ether oxygens (including phenoxy) is 1. The number of anilines is 3. The van der Waals surface area contributed by atoms with Crippen molar-refractivity contribution in [2.75, 3.05) is 16.4 Å². The molecule has 0 aliphatic carbocycles. The third-order valence-electron chi connectivity index (χ3n) is 5.15. The summed E-state index contributed by atoms with van der Waals surface area (Å²) < 4.78 is 7.54. The van der Waals surface area contributed by atoms with E-state index in [1.807, 2.05) is 13.8 Å². The van der Waals surface area contributed by atoms with Crippen molar-refractivity contribution in [3.05, 3.63) is 92.5 Å². The molecule has 9 heteroatoms. The van der Waals surface area contributed by atoms with Crippen molar-refractivity contribution in [1.82, 2.24) is 0 Å². The Hall–Kier alpha value is -3.05. The van der Waals surface area contributed by atoms with E-state index in [1.165, 1.54) is 6.08 Å². The monoisotopic (exact) mass is 649 g/mol. The molecule has 5 N–H and O–H groups in total. The summed E-state index contributed by atoms with van der Waals surface area (Å²) in [5, 5.41) is 16.0. The Bertz CT molecular complexity index is 1250. The number of carbonyl (C=O) groups is 2. The lowest BCUT2D eigenvalue weighted by molar-refractivity contribution is -0.112. The molecular formula is C26H25BrIN3O4. The van der Waals surface area contributed by atoms with E-state index >= 15 is 0 Å². The molecule has 3 rings (SSSR count). The normalized spacial score (nSPS) is 12.2. The molecular weight excluding hydrogens is 625 g/mol. The fraction of sp³-hybridized carbons (Fsp3) is 0.154. The standard InChI is InChI=1S/C26H25BrIN3O4/c1-26(2,14-13-23(33)31-21-6-4-3-5-20(21)29)24(19-15-17(28)9-12-22(19)32)35-25(34)30-18-10-7-16(27)8-11-18/h3-15,24,32H,29H2,1-2H3,(H,30,34)(H,31,33)/b14-13+/t24-/m1/s1. The first-order chi connectivity index (χ1) is 16.5. The number of hydrogen-bond donors (Lipinski definition) is 4. The van der Waals surface area contributed by atoms with E-state index in [0.717, 1.165) is 8.04 Å². The average Bonchev–Trinajstić information content (AvgIpc) is 2.81. The number of amides is 2. The lowest BCUT2D eigenvalue weighted by atomic mass is 9.81. The van der Waals surface area contributed by atoms with Crippen molar-refractivity contribution in [2.24, 2.45) is 5.41 Å². The minimum absolute atomic E-state index is 0.0187. The minimum atomic E-state index is -0.904. The van der Waals surface area contributed by atoms with E-state index in [-0.39, 0.29) is 11.7 Å². The molecule has 0 aliphatic heterocycles. The Morgan fingerprint density at radius 1 is 1.09 bits per heavy atom. The highest BCUT2D eigenvalue weighted by molar-refractivity contribution is 14.1. The number of benzene rings is 3. The molecule has 0 saturated carbocycles. The van der Waals surface area contributed by atoms with Gasteiger partial charge in [0.2, 0.25) is 5.91 Å². The number of nitrogens with one attached hydrogen (secondary N) is 2. The maximum atomic E-state index is 12.8. The van der Waals surface area contributed by atoms with Crippen LogP contribution in [-0.2, 0) is 9.53 Å². The summed E-state index contributed by atoms with van der Waals surface area (Å²) in [6.07, 6.45) is 1.40. The van der Waals surface area contributed by atoms with Crippen molar-refractivity contribution in [2.45, 2.75) is 20.0 Å². The predicted molar refractivity (Wildman–Crippen MR) is 150 cm³/mol. The van der Waals surface area contributed by atoms with Crippen LogP contribution in [0.1, 0.15) is 25.5 Å². The van der Waals surface area contributed by atoms with Crippen LogP contribution in [0.15, 0.2) is 83.4 Å². The van der Waals surface area contributed by atoms with Crippen molar-refractivity contribution in [3.63, 3.8) is 0 Å². The number of phenols is 1. The van der Waals surface area contributed by atoms with Gasteiger partial charge in [-0.2, -0.15) is 0 Å². The molecule has 182 valence electrons. The van der Waals surface area contributed by atoms with E-state index in [9.17, 15) is 14.7 Å². The van der Waals surface area contributed by atoms with Gasteiger partial charge in [0.15, 0.2) is 0 Å². The zero-order valence-corrected chi connectivity index (χ0v) is 22.8. The van der Waals surface area contributed by atoms with Gasteiger partial charge in [0.05, 0.1) is 11.4 Å². The van der Waals surface area contributed by atoms with Crippen molar-refractivity contribution in [3.8, 4) is 5.75 Å². The highest BCUT2D eigenvalue weighted by Crippen LogP contribution is 2.42. The number of nitrogen functional groups attached to an aromatic ring is 1. The Labute approximate surface area is 226 Å². The third-order valence-corrected chi connectivity index (χ3v) is 6.35. The van der Waals surface area contributed by atoms with Crippen molar-refractivity contribution in [1.29, 1.82) is 0 Å². The van der Waals surface area contributed by atoms with Crippen LogP contribution >= 0.6 is 38.5 Å². The number of nitrogens with two attached hydrogens (primary N) is 1. The Morgan fingerprint density at radius 2 is 1.77 bits per heavy atom. The van der Waals surface area contributed by atoms with Gasteiger partial charge in [-0.25, -0.2) is 4.79 Å². The lowest BCUT2D eigenvalue weighted by Gasteiger charge is -2.32. The topological polar surface area (TPSA) is 114 Å². The number of phenolic OH excluding ortho intramolecular Hbond substituents is 1. The van der Waals surface area contributed by atoms with Crippen molar-refractivity contribution >= 4 is 67.6 Å². The summed E-state index contributed by atoms with van der Waals surface area (Å²) in [5.74, 6) is -0.407. The van der Waals surface area contributed by atoms with Crippen LogP contribution < -0.4 is 16.4 Å². The Morgan fingerprint density at radius 3 is 2.46 bits per heavy atom. The fourth-order valence-corrected chi connectivity index (χ4v) is 4.08. The first kappa shape index (κ1) is 26.6. The SMILES string of the molecule is CC(C)(/C=C/C(=O)Nc1ccccc1N)[C@H](OC(=O)Nc1ccc(Br)cc1)c1cc(I)ccc1O. The summed E-state index contributed by atoms with van der Waals surface area (Å²) in [5.41, 5.74) is 6.94. The van der Waals surface area contributed by atoms with Gasteiger partial charge in [0.25, 0.3) is 0 Å². The second-order valence-electron chi connectivity index (χ2n) is 8.35. The molecule has 0 spiro atoms. The zero-order chi connectivity index (χ0) is 25.6. The number of rotatable bonds is 7. The lowest BCUT2D eigenvalue weighted by Crippen LogP contribution is -2.28. The van der Waals surface area contributed by atoms with E-state index in [2.05, 4.69) is 49.2 Å². The molecule has 0 aliphatic rings. The van der Waals surface area contributed by atoms with Crippen molar-refractivity contribution < 1.29 is 19.4 Å². The van der Waals surface area contributed by atoms with Crippen LogP contribution in [0.25, 0.3) is 0 Å². The largest absolute Gasteiger partial charge is 0.508 e. The predicted octanol–water partition coefficient (Wildman–Crippen LogP) is 6.85. The summed E-state index contributed by atoms with van der Waals surface area (Å²) in [4.78, 5) is 25.3. The van der Waals surface area contributed by atoms with E-state index in [1.54, 1.807) is 72.8 Å². The van der Waals surface area contributed by atoms with Gasteiger partial charge in [-0.15, -0.1) is 0 Å². The van der Waals surface area contributed by atoms with Gasteiger partial charge in [0.1, 0.15) is 11.9 Å². The molecule has 0 bridgehead atoms. The van der Waals surface area contributed by atoms with Crippen LogP contribution in [0.4, 0.5) is 21.9 Å². The third kappa shape index (κ3) is 7.46. The number of carbonyl (C=O) groups excluding carboxylic acids is 2. The first-order valence-electron chi connectivity index (χ1n) is 10.6. The van der Waals surface area contributed by atoms with Gasteiger partial charge in [-0.3, -0.25) is 10.1 Å². The van der Waals surface area contributed by atoms with Gasteiger partial charge in [-0.05, 0) is 83.3 Å². The maximum absolute atomic E-state index is 12.8. The van der Waals surface area contributed by atoms with E-state index < -0.39 is 17.6 Å². The molecule has 2 amide bonds. The molecule has 0 fully saturated rings. The number of aromatic hydroxyl groups is 1. The molecule has 0 radical (unpaired) electrons. The first-order valence-corrected chi connectivity index (χ1v) is 12.5.